The van der Waals surface area contributed by atoms with E-state index in [0.717, 1.165) is 24.6 Å². The minimum Gasteiger partial charge on any atom is -0.467 e. The van der Waals surface area contributed by atoms with Gasteiger partial charge < -0.3 is 9.73 Å². The van der Waals surface area contributed by atoms with E-state index in [0.29, 0.717) is 12.3 Å². The molecule has 114 valence electrons. The van der Waals surface area contributed by atoms with Crippen LogP contribution in [0.1, 0.15) is 36.3 Å². The molecule has 0 saturated heterocycles. The van der Waals surface area contributed by atoms with Crippen LogP contribution in [0, 0.1) is 5.82 Å². The summed E-state index contributed by atoms with van der Waals surface area (Å²) in [4.78, 5) is 0. The molecule has 0 fully saturated rings. The molecule has 21 heavy (non-hydrogen) atoms. The van der Waals surface area contributed by atoms with Crippen LogP contribution >= 0.6 is 0 Å². The second-order valence-electron chi connectivity index (χ2n) is 4.64. The molecule has 0 spiro atoms. The second-order valence-corrected chi connectivity index (χ2v) is 4.64. The Kier molecular flexibility index (Phi) is 4.67. The van der Waals surface area contributed by atoms with Crippen LogP contribution in [0.5, 0.6) is 0 Å². The fourth-order valence-corrected chi connectivity index (χ4v) is 2.05. The molecular weight excluding hydrogens is 286 g/mol. The third-order valence-corrected chi connectivity index (χ3v) is 3.06. The Balaban J connectivity index is 2.44. The van der Waals surface area contributed by atoms with E-state index < -0.39 is 23.6 Å². The summed E-state index contributed by atoms with van der Waals surface area (Å²) in [5, 5.41) is 3.01. The van der Waals surface area contributed by atoms with E-state index in [1.807, 2.05) is 6.92 Å². The lowest BCUT2D eigenvalue weighted by Gasteiger charge is -2.19. The first-order valence-electron chi connectivity index (χ1n) is 6.57. The highest BCUT2D eigenvalue weighted by Gasteiger charge is 2.32. The summed E-state index contributed by atoms with van der Waals surface area (Å²) >= 11 is 0. The lowest BCUT2D eigenvalue weighted by molar-refractivity contribution is -0.137. The van der Waals surface area contributed by atoms with Crippen molar-refractivity contribution in [1.29, 1.82) is 0 Å². The van der Waals surface area contributed by atoms with Gasteiger partial charge in [0.1, 0.15) is 11.6 Å². The van der Waals surface area contributed by atoms with Crippen molar-refractivity contribution >= 4 is 0 Å². The predicted octanol–water partition coefficient (Wildman–Crippen LogP) is 4.53. The standard InChI is InChI=1S/C15H15F4NO/c1-2-7-20-14(13-4-3-8-21-13)11-9-10(15(17,18)19)5-6-12(11)16/h3-6,8-9,14,20H,2,7H2,1H3. The predicted molar refractivity (Wildman–Crippen MR) is 70.2 cm³/mol. The molecule has 6 heteroatoms. The molecule has 1 aromatic heterocycles. The zero-order valence-corrected chi connectivity index (χ0v) is 11.4. The van der Waals surface area contributed by atoms with Gasteiger partial charge in [-0.1, -0.05) is 6.92 Å². The molecule has 1 heterocycles. The largest absolute Gasteiger partial charge is 0.467 e. The Labute approximate surface area is 119 Å². The first-order chi connectivity index (χ1) is 9.93. The van der Waals surface area contributed by atoms with Crippen LogP contribution in [0.4, 0.5) is 17.6 Å². The Morgan fingerprint density at radius 3 is 2.57 bits per heavy atom. The van der Waals surface area contributed by atoms with E-state index in [1.54, 1.807) is 12.1 Å². The van der Waals surface area contributed by atoms with Gasteiger partial charge in [-0.2, -0.15) is 13.2 Å². The highest BCUT2D eigenvalue weighted by molar-refractivity contribution is 5.33. The van der Waals surface area contributed by atoms with Crippen LogP contribution in [-0.4, -0.2) is 6.54 Å². The fourth-order valence-electron chi connectivity index (χ4n) is 2.05. The van der Waals surface area contributed by atoms with Gasteiger partial charge in [0.05, 0.1) is 17.9 Å². The summed E-state index contributed by atoms with van der Waals surface area (Å²) in [6.07, 6.45) is -2.35. The van der Waals surface area contributed by atoms with Gasteiger partial charge >= 0.3 is 6.18 Å². The number of alkyl halides is 3. The Bertz CT molecular complexity index is 578. The van der Waals surface area contributed by atoms with Crippen molar-refractivity contribution in [2.45, 2.75) is 25.6 Å². The number of furan rings is 1. The summed E-state index contributed by atoms with van der Waals surface area (Å²) in [7, 11) is 0. The highest BCUT2D eigenvalue weighted by Crippen LogP contribution is 2.33. The average molecular weight is 301 g/mol. The summed E-state index contributed by atoms with van der Waals surface area (Å²) in [5.74, 6) is -0.324. The van der Waals surface area contributed by atoms with Gasteiger partial charge in [-0.3, -0.25) is 0 Å². The first-order valence-corrected chi connectivity index (χ1v) is 6.57. The zero-order valence-electron chi connectivity index (χ0n) is 11.4. The molecular formula is C15H15F4NO. The Morgan fingerprint density at radius 1 is 1.24 bits per heavy atom. The summed E-state index contributed by atoms with van der Waals surface area (Å²) in [6, 6.07) is 4.86. The van der Waals surface area contributed by atoms with E-state index in [-0.39, 0.29) is 5.56 Å². The molecule has 1 unspecified atom stereocenters. The van der Waals surface area contributed by atoms with E-state index in [1.165, 1.54) is 6.26 Å². The van der Waals surface area contributed by atoms with Crippen molar-refractivity contribution in [2.75, 3.05) is 6.54 Å². The topological polar surface area (TPSA) is 25.2 Å². The molecule has 0 saturated carbocycles. The number of rotatable bonds is 5. The minimum atomic E-state index is -4.51. The monoisotopic (exact) mass is 301 g/mol. The molecule has 0 aliphatic carbocycles. The smallest absolute Gasteiger partial charge is 0.416 e. The first kappa shape index (κ1) is 15.6. The SMILES string of the molecule is CCCNC(c1ccco1)c1cc(C(F)(F)F)ccc1F. The lowest BCUT2D eigenvalue weighted by Crippen LogP contribution is -2.24. The van der Waals surface area contributed by atoms with Gasteiger partial charge in [-0.15, -0.1) is 0 Å². The second kappa shape index (κ2) is 6.30. The molecule has 1 atom stereocenters. The van der Waals surface area contributed by atoms with E-state index in [4.69, 9.17) is 4.42 Å². The van der Waals surface area contributed by atoms with Crippen molar-refractivity contribution in [3.8, 4) is 0 Å². The molecule has 2 nitrogen and oxygen atoms in total. The van der Waals surface area contributed by atoms with Crippen LogP contribution < -0.4 is 5.32 Å². The van der Waals surface area contributed by atoms with E-state index in [2.05, 4.69) is 5.32 Å². The average Bonchev–Trinajstić information content (AvgIpc) is 2.93. The Hall–Kier alpha value is -1.82. The van der Waals surface area contributed by atoms with Gasteiger partial charge in [0, 0.05) is 5.56 Å². The fraction of sp³-hybridized carbons (Fsp3) is 0.333. The summed E-state index contributed by atoms with van der Waals surface area (Å²) in [5.41, 5.74) is -0.957. The number of hydrogen-bond acceptors (Lipinski definition) is 2. The number of nitrogens with one attached hydrogen (secondary N) is 1. The van der Waals surface area contributed by atoms with Gasteiger partial charge in [-0.25, -0.2) is 4.39 Å². The molecule has 1 aromatic carbocycles. The number of hydrogen-bond donors (Lipinski definition) is 1. The number of benzene rings is 1. The maximum absolute atomic E-state index is 14.0. The molecule has 2 aromatic rings. The summed E-state index contributed by atoms with van der Waals surface area (Å²) in [6.45, 7) is 2.44. The molecule has 0 radical (unpaired) electrons. The molecule has 0 bridgehead atoms. The molecule has 2 rings (SSSR count). The van der Waals surface area contributed by atoms with Crippen molar-refractivity contribution in [3.05, 3.63) is 59.3 Å². The van der Waals surface area contributed by atoms with Crippen LogP contribution in [0.3, 0.4) is 0 Å². The van der Waals surface area contributed by atoms with E-state index in [9.17, 15) is 17.6 Å². The van der Waals surface area contributed by atoms with E-state index >= 15 is 0 Å². The summed E-state index contributed by atoms with van der Waals surface area (Å²) < 4.78 is 57.6. The van der Waals surface area contributed by atoms with Gasteiger partial charge in [-0.05, 0) is 43.3 Å². The van der Waals surface area contributed by atoms with Crippen LogP contribution in [0.15, 0.2) is 41.0 Å². The van der Waals surface area contributed by atoms with Crippen LogP contribution in [0.2, 0.25) is 0 Å². The Morgan fingerprint density at radius 2 is 2.00 bits per heavy atom. The molecule has 1 N–H and O–H groups in total. The van der Waals surface area contributed by atoms with Crippen LogP contribution in [0.25, 0.3) is 0 Å². The third-order valence-electron chi connectivity index (χ3n) is 3.06. The normalized spacial score (nSPS) is 13.4. The highest BCUT2D eigenvalue weighted by atomic mass is 19.4. The van der Waals surface area contributed by atoms with Crippen LogP contribution in [-0.2, 0) is 6.18 Å². The maximum Gasteiger partial charge on any atom is 0.416 e. The maximum atomic E-state index is 14.0. The zero-order chi connectivity index (χ0) is 15.5. The minimum absolute atomic E-state index is 0.0757. The van der Waals surface area contributed by atoms with Crippen molar-refractivity contribution in [1.82, 2.24) is 5.32 Å². The molecule has 0 aliphatic rings. The van der Waals surface area contributed by atoms with Gasteiger partial charge in [0.15, 0.2) is 0 Å². The lowest BCUT2D eigenvalue weighted by atomic mass is 10.0. The van der Waals surface area contributed by atoms with Gasteiger partial charge in [0.2, 0.25) is 0 Å². The van der Waals surface area contributed by atoms with Crippen molar-refractivity contribution in [3.63, 3.8) is 0 Å². The van der Waals surface area contributed by atoms with Crippen molar-refractivity contribution < 1.29 is 22.0 Å². The molecule has 0 aliphatic heterocycles. The quantitative estimate of drug-likeness (QED) is 0.821. The van der Waals surface area contributed by atoms with Gasteiger partial charge in [0.25, 0.3) is 0 Å². The number of halogens is 4. The third kappa shape index (κ3) is 3.64. The van der Waals surface area contributed by atoms with Crippen molar-refractivity contribution in [2.24, 2.45) is 0 Å². The molecule has 0 amide bonds.